The molecule has 0 aliphatic carbocycles. The molecular formula is C21H26IN5OS. The first-order chi connectivity index (χ1) is 13.6. The lowest BCUT2D eigenvalue weighted by Gasteiger charge is -2.21. The van der Waals surface area contributed by atoms with E-state index in [0.717, 1.165) is 40.2 Å². The molecule has 29 heavy (non-hydrogen) atoms. The zero-order chi connectivity index (χ0) is 19.8. The van der Waals surface area contributed by atoms with E-state index in [0.29, 0.717) is 13.2 Å². The monoisotopic (exact) mass is 523 g/mol. The molecule has 0 saturated heterocycles. The Morgan fingerprint density at radius 1 is 1.21 bits per heavy atom. The van der Waals surface area contributed by atoms with Gasteiger partial charge in [-0.25, -0.2) is 4.98 Å². The smallest absolute Gasteiger partial charge is 0.194 e. The highest BCUT2D eigenvalue weighted by molar-refractivity contribution is 14.0. The summed E-state index contributed by atoms with van der Waals surface area (Å²) in [6.45, 7) is 3.85. The minimum atomic E-state index is 0. The van der Waals surface area contributed by atoms with Gasteiger partial charge >= 0.3 is 0 Å². The van der Waals surface area contributed by atoms with Gasteiger partial charge in [-0.15, -0.1) is 35.3 Å². The van der Waals surface area contributed by atoms with E-state index in [2.05, 4.69) is 36.6 Å². The Balaban J connectivity index is 0.00000300. The van der Waals surface area contributed by atoms with Crippen LogP contribution < -0.4 is 10.1 Å². The molecule has 3 aromatic rings. The zero-order valence-electron chi connectivity index (χ0n) is 16.8. The van der Waals surface area contributed by atoms with E-state index in [1.807, 2.05) is 50.4 Å². The Labute approximate surface area is 193 Å². The summed E-state index contributed by atoms with van der Waals surface area (Å²) >= 11 is 1.66. The van der Waals surface area contributed by atoms with Crippen molar-refractivity contribution in [3.63, 3.8) is 0 Å². The van der Waals surface area contributed by atoms with Crippen molar-refractivity contribution < 1.29 is 4.74 Å². The highest BCUT2D eigenvalue weighted by Crippen LogP contribution is 2.15. The van der Waals surface area contributed by atoms with Gasteiger partial charge in [0.1, 0.15) is 12.4 Å². The standard InChI is InChI=1S/C21H25N5OS.HI/c1-16-25-19(15-28-16)13-26(3)21(22-2)24-12-17-7-6-9-20(11-17)27-14-18-8-4-5-10-23-18;/h4-11,15H,12-14H2,1-3H3,(H,22,24);1H. The average molecular weight is 523 g/mol. The number of ether oxygens (including phenoxy) is 1. The maximum Gasteiger partial charge on any atom is 0.194 e. The second-order valence-corrected chi connectivity index (χ2v) is 7.43. The van der Waals surface area contributed by atoms with Gasteiger partial charge in [-0.2, -0.15) is 0 Å². The van der Waals surface area contributed by atoms with Crippen molar-refractivity contribution in [2.45, 2.75) is 26.6 Å². The van der Waals surface area contributed by atoms with E-state index >= 15 is 0 Å². The molecule has 0 spiro atoms. The first-order valence-electron chi connectivity index (χ1n) is 9.08. The van der Waals surface area contributed by atoms with Gasteiger partial charge in [-0.05, 0) is 36.8 Å². The normalized spacial score (nSPS) is 10.9. The minimum Gasteiger partial charge on any atom is -0.487 e. The fourth-order valence-electron chi connectivity index (χ4n) is 2.75. The van der Waals surface area contributed by atoms with Crippen molar-refractivity contribution in [1.29, 1.82) is 0 Å². The van der Waals surface area contributed by atoms with E-state index in [1.54, 1.807) is 24.6 Å². The molecule has 2 aromatic heterocycles. The number of nitrogens with zero attached hydrogens (tertiary/aromatic N) is 4. The predicted octanol–water partition coefficient (Wildman–Crippen LogP) is 4.25. The van der Waals surface area contributed by atoms with Gasteiger partial charge < -0.3 is 15.0 Å². The number of halogens is 1. The molecule has 1 N–H and O–H groups in total. The fraction of sp³-hybridized carbons (Fsp3) is 0.286. The van der Waals surface area contributed by atoms with Crippen molar-refractivity contribution >= 4 is 41.3 Å². The molecule has 6 nitrogen and oxygen atoms in total. The average Bonchev–Trinajstić information content (AvgIpc) is 3.12. The summed E-state index contributed by atoms with van der Waals surface area (Å²) in [5, 5.41) is 6.56. The number of pyridine rings is 1. The van der Waals surface area contributed by atoms with Crippen molar-refractivity contribution in [2.75, 3.05) is 14.1 Å². The Morgan fingerprint density at radius 3 is 2.76 bits per heavy atom. The number of rotatable bonds is 7. The lowest BCUT2D eigenvalue weighted by atomic mass is 10.2. The van der Waals surface area contributed by atoms with Crippen molar-refractivity contribution in [1.82, 2.24) is 20.2 Å². The number of thiazole rings is 1. The molecule has 0 bridgehead atoms. The Hall–Kier alpha value is -2.20. The summed E-state index contributed by atoms with van der Waals surface area (Å²) < 4.78 is 5.86. The van der Waals surface area contributed by atoms with Crippen LogP contribution in [0, 0.1) is 6.92 Å². The molecule has 0 unspecified atom stereocenters. The molecule has 0 aliphatic heterocycles. The molecule has 8 heteroatoms. The molecule has 0 aliphatic rings. The zero-order valence-corrected chi connectivity index (χ0v) is 20.0. The van der Waals surface area contributed by atoms with Crippen LogP contribution in [-0.4, -0.2) is 34.9 Å². The molecule has 0 atom stereocenters. The Morgan fingerprint density at radius 2 is 2.07 bits per heavy atom. The third-order valence-corrected chi connectivity index (χ3v) is 4.92. The quantitative estimate of drug-likeness (QED) is 0.285. The molecule has 0 radical (unpaired) electrons. The number of hydrogen-bond donors (Lipinski definition) is 1. The van der Waals surface area contributed by atoms with Gasteiger partial charge in [-0.3, -0.25) is 9.98 Å². The van der Waals surface area contributed by atoms with Crippen LogP contribution in [0.3, 0.4) is 0 Å². The number of hydrogen-bond acceptors (Lipinski definition) is 5. The molecule has 2 heterocycles. The van der Waals surface area contributed by atoms with E-state index in [1.165, 1.54) is 0 Å². The summed E-state index contributed by atoms with van der Waals surface area (Å²) in [5.74, 6) is 1.65. The Bertz CT molecular complexity index is 916. The van der Waals surface area contributed by atoms with Crippen molar-refractivity contribution in [2.24, 2.45) is 4.99 Å². The first kappa shape index (κ1) is 23.1. The fourth-order valence-corrected chi connectivity index (χ4v) is 3.35. The number of aromatic nitrogens is 2. The topological polar surface area (TPSA) is 62.6 Å². The predicted molar refractivity (Wildman–Crippen MR) is 129 cm³/mol. The lowest BCUT2D eigenvalue weighted by Crippen LogP contribution is -2.38. The maximum absolute atomic E-state index is 5.86. The summed E-state index contributed by atoms with van der Waals surface area (Å²) in [6, 6.07) is 13.9. The number of nitrogens with one attached hydrogen (secondary N) is 1. The Kier molecular flexibility index (Phi) is 9.33. The molecule has 0 fully saturated rings. The number of benzene rings is 1. The van der Waals surface area contributed by atoms with Gasteiger partial charge in [0.15, 0.2) is 5.96 Å². The van der Waals surface area contributed by atoms with E-state index < -0.39 is 0 Å². The van der Waals surface area contributed by atoms with Gasteiger partial charge in [0.2, 0.25) is 0 Å². The summed E-state index contributed by atoms with van der Waals surface area (Å²) in [7, 11) is 3.80. The highest BCUT2D eigenvalue weighted by atomic mass is 127. The van der Waals surface area contributed by atoms with Gasteiger partial charge in [-0.1, -0.05) is 18.2 Å². The third-order valence-electron chi connectivity index (χ3n) is 4.10. The van der Waals surface area contributed by atoms with Crippen LogP contribution in [0.15, 0.2) is 59.0 Å². The molecule has 0 saturated carbocycles. The number of aryl methyl sites for hydroxylation is 1. The van der Waals surface area contributed by atoms with Crippen LogP contribution in [0.1, 0.15) is 22.0 Å². The highest BCUT2D eigenvalue weighted by Gasteiger charge is 2.09. The molecule has 154 valence electrons. The number of guanidine groups is 1. The second-order valence-electron chi connectivity index (χ2n) is 6.37. The molecular weight excluding hydrogens is 497 g/mol. The molecule has 0 amide bonds. The van der Waals surface area contributed by atoms with Crippen molar-refractivity contribution in [3.8, 4) is 5.75 Å². The summed E-state index contributed by atoms with van der Waals surface area (Å²) in [4.78, 5) is 15.2. The molecule has 3 rings (SSSR count). The van der Waals surface area contributed by atoms with Crippen LogP contribution in [0.2, 0.25) is 0 Å². The summed E-state index contributed by atoms with van der Waals surface area (Å²) in [6.07, 6.45) is 1.77. The van der Waals surface area contributed by atoms with E-state index in [9.17, 15) is 0 Å². The van der Waals surface area contributed by atoms with Crippen LogP contribution in [0.5, 0.6) is 5.75 Å². The second kappa shape index (κ2) is 11.7. The van der Waals surface area contributed by atoms with Gasteiger partial charge in [0.05, 0.1) is 22.9 Å². The number of aliphatic imine (C=N–C) groups is 1. The van der Waals surface area contributed by atoms with Gasteiger partial charge in [0.25, 0.3) is 0 Å². The van der Waals surface area contributed by atoms with Crippen LogP contribution in [0.4, 0.5) is 0 Å². The van der Waals surface area contributed by atoms with Crippen LogP contribution in [-0.2, 0) is 19.7 Å². The van der Waals surface area contributed by atoms with Crippen LogP contribution in [0.25, 0.3) is 0 Å². The van der Waals surface area contributed by atoms with E-state index in [4.69, 9.17) is 4.74 Å². The largest absolute Gasteiger partial charge is 0.487 e. The molecule has 1 aromatic carbocycles. The SMILES string of the molecule is CN=C(NCc1cccc(OCc2ccccn2)c1)N(C)Cc1csc(C)n1.I. The summed E-state index contributed by atoms with van der Waals surface area (Å²) in [5.41, 5.74) is 3.08. The van der Waals surface area contributed by atoms with Gasteiger partial charge in [0, 0.05) is 32.2 Å². The third kappa shape index (κ3) is 7.28. The first-order valence-corrected chi connectivity index (χ1v) is 9.96. The lowest BCUT2D eigenvalue weighted by molar-refractivity contribution is 0.301. The maximum atomic E-state index is 5.86. The van der Waals surface area contributed by atoms with Crippen molar-refractivity contribution in [3.05, 3.63) is 76.0 Å². The minimum absolute atomic E-state index is 0. The van der Waals surface area contributed by atoms with E-state index in [-0.39, 0.29) is 24.0 Å². The van der Waals surface area contributed by atoms with Crippen LogP contribution >= 0.6 is 35.3 Å².